The number of hydrogen-bond donors (Lipinski definition) is 0. The van der Waals surface area contributed by atoms with Crippen LogP contribution in [0.25, 0.3) is 11.1 Å². The molecule has 2 unspecified atom stereocenters. The Morgan fingerprint density at radius 3 is 2.13 bits per heavy atom. The van der Waals surface area contributed by atoms with Gasteiger partial charge < -0.3 is 0 Å². The van der Waals surface area contributed by atoms with E-state index in [0.717, 1.165) is 17.8 Å². The molecule has 1 aromatic heterocycles. The summed E-state index contributed by atoms with van der Waals surface area (Å²) >= 11 is 0. The van der Waals surface area contributed by atoms with E-state index in [-0.39, 0.29) is 0 Å². The summed E-state index contributed by atoms with van der Waals surface area (Å²) in [7, 11) is 2.19. The second-order valence-corrected chi connectivity index (χ2v) is 7.73. The quantitative estimate of drug-likeness (QED) is 0.673. The van der Waals surface area contributed by atoms with Gasteiger partial charge in [-0.15, -0.1) is 0 Å². The van der Waals surface area contributed by atoms with Crippen molar-refractivity contribution in [2.24, 2.45) is 13.0 Å². The van der Waals surface area contributed by atoms with Gasteiger partial charge in [0.05, 0.1) is 0 Å². The first-order valence-corrected chi connectivity index (χ1v) is 9.32. The Labute approximate surface area is 140 Å². The molecule has 2 fully saturated rings. The van der Waals surface area contributed by atoms with Gasteiger partial charge in [-0.2, -0.15) is 0 Å². The van der Waals surface area contributed by atoms with Crippen molar-refractivity contribution in [3.8, 4) is 11.1 Å². The Morgan fingerprint density at radius 2 is 1.52 bits per heavy atom. The predicted molar refractivity (Wildman–Crippen MR) is 95.4 cm³/mol. The predicted octanol–water partition coefficient (Wildman–Crippen LogP) is 5.35. The normalized spacial score (nSPS) is 24.6. The van der Waals surface area contributed by atoms with Gasteiger partial charge in [-0.05, 0) is 48.3 Å². The minimum Gasteiger partial charge on any atom is -0.204 e. The van der Waals surface area contributed by atoms with E-state index in [0.29, 0.717) is 0 Å². The summed E-state index contributed by atoms with van der Waals surface area (Å²) in [5.74, 6) is 2.44. The van der Waals surface area contributed by atoms with Gasteiger partial charge in [0.15, 0.2) is 11.9 Å². The van der Waals surface area contributed by atoms with Gasteiger partial charge in [0.1, 0.15) is 7.05 Å². The fourth-order valence-corrected chi connectivity index (χ4v) is 4.29. The highest BCUT2D eigenvalue weighted by atomic mass is 14.9. The summed E-state index contributed by atoms with van der Waals surface area (Å²) in [6, 6.07) is 14.0. The van der Waals surface area contributed by atoms with E-state index in [9.17, 15) is 0 Å². The minimum atomic E-state index is 0.780. The van der Waals surface area contributed by atoms with E-state index in [2.05, 4.69) is 61.1 Å². The van der Waals surface area contributed by atoms with Gasteiger partial charge in [-0.3, -0.25) is 0 Å². The molecule has 0 amide bonds. The van der Waals surface area contributed by atoms with Crippen LogP contribution in [-0.4, -0.2) is 0 Å². The van der Waals surface area contributed by atoms with Crippen LogP contribution in [0.2, 0.25) is 0 Å². The standard InChI is InChI=1S/C22H28N/c1-16-14-21(16)22-13-12-20(15-23(22)2)19-10-8-18(9-11-19)17-6-4-3-5-7-17/h8-13,15-17,21H,3-7,14H2,1-2H3/q+1. The van der Waals surface area contributed by atoms with Gasteiger partial charge >= 0.3 is 0 Å². The Kier molecular flexibility index (Phi) is 3.97. The molecule has 0 bridgehead atoms. The summed E-state index contributed by atoms with van der Waals surface area (Å²) in [5, 5.41) is 0. The zero-order valence-electron chi connectivity index (χ0n) is 14.5. The molecule has 0 N–H and O–H groups in total. The zero-order chi connectivity index (χ0) is 15.8. The maximum atomic E-state index is 2.36. The van der Waals surface area contributed by atoms with Crippen molar-refractivity contribution < 1.29 is 4.57 Å². The molecule has 0 radical (unpaired) electrons. The molecule has 2 aliphatic carbocycles. The molecule has 2 saturated carbocycles. The van der Waals surface area contributed by atoms with Crippen LogP contribution in [0.4, 0.5) is 0 Å². The van der Waals surface area contributed by atoms with Crippen molar-refractivity contribution in [2.75, 3.05) is 0 Å². The third-order valence-electron chi connectivity index (χ3n) is 5.98. The molecule has 0 aliphatic heterocycles. The topological polar surface area (TPSA) is 3.88 Å². The number of aromatic nitrogens is 1. The van der Waals surface area contributed by atoms with Gasteiger partial charge in [0, 0.05) is 17.5 Å². The third-order valence-corrected chi connectivity index (χ3v) is 5.98. The molecule has 1 nitrogen and oxygen atoms in total. The Balaban J connectivity index is 1.54. The molecule has 2 aliphatic rings. The zero-order valence-corrected chi connectivity index (χ0v) is 14.5. The third kappa shape index (κ3) is 3.06. The van der Waals surface area contributed by atoms with Crippen molar-refractivity contribution in [3.63, 3.8) is 0 Å². The van der Waals surface area contributed by atoms with Crippen LogP contribution in [0.15, 0.2) is 42.6 Å². The van der Waals surface area contributed by atoms with Crippen molar-refractivity contribution in [3.05, 3.63) is 53.9 Å². The fraction of sp³-hybridized carbons (Fsp3) is 0.500. The summed E-state index contributed by atoms with van der Waals surface area (Å²) in [6.45, 7) is 2.35. The monoisotopic (exact) mass is 306 g/mol. The number of pyridine rings is 1. The van der Waals surface area contributed by atoms with Crippen LogP contribution in [0, 0.1) is 5.92 Å². The van der Waals surface area contributed by atoms with Crippen LogP contribution >= 0.6 is 0 Å². The molecule has 1 heteroatoms. The van der Waals surface area contributed by atoms with Crippen molar-refractivity contribution >= 4 is 0 Å². The first-order valence-electron chi connectivity index (χ1n) is 9.32. The molecule has 2 aromatic rings. The van der Waals surface area contributed by atoms with Crippen molar-refractivity contribution in [2.45, 2.75) is 57.3 Å². The van der Waals surface area contributed by atoms with Crippen LogP contribution in [0.5, 0.6) is 0 Å². The van der Waals surface area contributed by atoms with Crippen LogP contribution in [0.3, 0.4) is 0 Å². The highest BCUT2D eigenvalue weighted by Crippen LogP contribution is 2.45. The van der Waals surface area contributed by atoms with Crippen molar-refractivity contribution in [1.82, 2.24) is 0 Å². The van der Waals surface area contributed by atoms with E-state index in [1.165, 1.54) is 55.3 Å². The molecular formula is C22H28N+. The maximum absolute atomic E-state index is 2.36. The molecule has 2 atom stereocenters. The van der Waals surface area contributed by atoms with Crippen LogP contribution in [-0.2, 0) is 7.05 Å². The van der Waals surface area contributed by atoms with E-state index in [1.807, 2.05) is 0 Å². The molecular weight excluding hydrogens is 278 g/mol. The van der Waals surface area contributed by atoms with Gasteiger partial charge in [0.2, 0.25) is 0 Å². The minimum absolute atomic E-state index is 0.780. The fourth-order valence-electron chi connectivity index (χ4n) is 4.29. The average molecular weight is 306 g/mol. The number of rotatable bonds is 3. The van der Waals surface area contributed by atoms with E-state index in [1.54, 1.807) is 5.56 Å². The maximum Gasteiger partial charge on any atom is 0.184 e. The van der Waals surface area contributed by atoms with Crippen molar-refractivity contribution in [1.29, 1.82) is 0 Å². The van der Waals surface area contributed by atoms with E-state index >= 15 is 0 Å². The second kappa shape index (κ2) is 6.11. The summed E-state index contributed by atoms with van der Waals surface area (Å²) < 4.78 is 2.33. The Morgan fingerprint density at radius 1 is 0.870 bits per heavy atom. The molecule has 0 spiro atoms. The summed E-state index contributed by atoms with van der Waals surface area (Å²) in [4.78, 5) is 0. The first kappa shape index (κ1) is 14.9. The number of nitrogens with zero attached hydrogens (tertiary/aromatic N) is 1. The van der Waals surface area contributed by atoms with Gasteiger partial charge in [-0.25, -0.2) is 4.57 Å². The lowest BCUT2D eigenvalue weighted by Gasteiger charge is -2.22. The molecule has 1 aromatic carbocycles. The number of benzene rings is 1. The first-order chi connectivity index (χ1) is 11.2. The average Bonchev–Trinajstić information content (AvgIpc) is 3.32. The summed E-state index contributed by atoms with van der Waals surface area (Å²) in [6.07, 6.45) is 10.6. The van der Waals surface area contributed by atoms with Crippen LogP contribution < -0.4 is 4.57 Å². The smallest absolute Gasteiger partial charge is 0.184 e. The lowest BCUT2D eigenvalue weighted by Crippen LogP contribution is -2.33. The highest BCUT2D eigenvalue weighted by Gasteiger charge is 2.39. The van der Waals surface area contributed by atoms with E-state index in [4.69, 9.17) is 0 Å². The number of hydrogen-bond acceptors (Lipinski definition) is 0. The lowest BCUT2D eigenvalue weighted by molar-refractivity contribution is -0.679. The SMILES string of the molecule is CC1CC1c1ccc(-c2ccc(C3CCCCC3)cc2)c[n+]1C. The molecule has 4 rings (SSSR count). The molecule has 120 valence electrons. The van der Waals surface area contributed by atoms with E-state index < -0.39 is 0 Å². The lowest BCUT2D eigenvalue weighted by atomic mass is 9.84. The van der Waals surface area contributed by atoms with Gasteiger partial charge in [0.25, 0.3) is 0 Å². The number of aryl methyl sites for hydroxylation is 1. The molecule has 23 heavy (non-hydrogen) atoms. The highest BCUT2D eigenvalue weighted by molar-refractivity contribution is 5.62. The van der Waals surface area contributed by atoms with Gasteiger partial charge in [-0.1, -0.05) is 50.5 Å². The largest absolute Gasteiger partial charge is 0.204 e. The second-order valence-electron chi connectivity index (χ2n) is 7.73. The Hall–Kier alpha value is -1.63. The Bertz CT molecular complexity index is 680. The molecule has 1 heterocycles. The summed E-state index contributed by atoms with van der Waals surface area (Å²) in [5.41, 5.74) is 5.71. The molecule has 0 saturated heterocycles. The van der Waals surface area contributed by atoms with Crippen LogP contribution in [0.1, 0.15) is 68.5 Å².